The predicted molar refractivity (Wildman–Crippen MR) is 146 cm³/mol. The molecule has 1 saturated heterocycles. The van der Waals surface area contributed by atoms with Crippen molar-refractivity contribution in [2.24, 2.45) is 0 Å². The quantitative estimate of drug-likeness (QED) is 0.287. The van der Waals surface area contributed by atoms with E-state index in [9.17, 15) is 13.2 Å². The summed E-state index contributed by atoms with van der Waals surface area (Å²) in [5.41, 5.74) is 1.57. The van der Waals surface area contributed by atoms with Gasteiger partial charge in [0.25, 0.3) is 5.91 Å². The molecule has 0 saturated carbocycles. The van der Waals surface area contributed by atoms with E-state index in [1.807, 2.05) is 6.07 Å². The van der Waals surface area contributed by atoms with Crippen LogP contribution < -0.4 is 19.5 Å². The van der Waals surface area contributed by atoms with Crippen molar-refractivity contribution in [2.45, 2.75) is 24.2 Å². The Balaban J connectivity index is 1.19. The minimum absolute atomic E-state index is 0.162. The lowest BCUT2D eigenvalue weighted by molar-refractivity contribution is 0.0946. The second-order valence-electron chi connectivity index (χ2n) is 9.12. The fourth-order valence-electron chi connectivity index (χ4n) is 4.46. The van der Waals surface area contributed by atoms with Gasteiger partial charge >= 0.3 is 0 Å². The van der Waals surface area contributed by atoms with Crippen molar-refractivity contribution >= 4 is 21.6 Å². The normalized spacial score (nSPS) is 14.2. The zero-order chi connectivity index (χ0) is 28.1. The summed E-state index contributed by atoms with van der Waals surface area (Å²) in [4.78, 5) is 12.8. The third kappa shape index (κ3) is 5.70. The molecule has 0 radical (unpaired) electrons. The Kier molecular flexibility index (Phi) is 8.12. The topological polar surface area (TPSA) is 137 Å². The minimum Gasteiger partial charge on any atom is -0.497 e. The molecular formula is C27H30N6O6S. The van der Waals surface area contributed by atoms with E-state index >= 15 is 0 Å². The molecule has 5 rings (SSSR count). The summed E-state index contributed by atoms with van der Waals surface area (Å²) in [5.74, 6) is 1.66. The van der Waals surface area contributed by atoms with Crippen molar-refractivity contribution in [2.75, 3.05) is 40.5 Å². The van der Waals surface area contributed by atoms with Crippen LogP contribution >= 0.6 is 0 Å². The van der Waals surface area contributed by atoms with E-state index in [2.05, 4.69) is 20.6 Å². The van der Waals surface area contributed by atoms with Crippen LogP contribution in [0.25, 0.3) is 17.0 Å². The van der Waals surface area contributed by atoms with Crippen LogP contribution in [0.15, 0.2) is 59.5 Å². The van der Waals surface area contributed by atoms with Gasteiger partial charge < -0.3 is 19.5 Å². The number of ether oxygens (including phenoxy) is 3. The van der Waals surface area contributed by atoms with Crippen LogP contribution in [0.5, 0.6) is 17.4 Å². The summed E-state index contributed by atoms with van der Waals surface area (Å²) in [6.45, 7) is 1.43. The van der Waals surface area contributed by atoms with E-state index in [1.165, 1.54) is 28.6 Å². The molecule has 210 valence electrons. The summed E-state index contributed by atoms with van der Waals surface area (Å²) >= 11 is 0. The van der Waals surface area contributed by atoms with E-state index < -0.39 is 10.0 Å². The number of amides is 1. The first-order valence-corrected chi connectivity index (χ1v) is 14.3. The van der Waals surface area contributed by atoms with E-state index in [4.69, 9.17) is 14.2 Å². The van der Waals surface area contributed by atoms with Gasteiger partial charge in [0.15, 0.2) is 11.5 Å². The monoisotopic (exact) mass is 566 g/mol. The fraction of sp³-hybridized carbons (Fsp3) is 0.333. The van der Waals surface area contributed by atoms with Crippen molar-refractivity contribution in [1.82, 2.24) is 29.4 Å². The van der Waals surface area contributed by atoms with E-state index in [-0.39, 0.29) is 24.0 Å². The number of piperidine rings is 1. The van der Waals surface area contributed by atoms with Gasteiger partial charge in [0.2, 0.25) is 15.9 Å². The molecule has 2 aromatic heterocycles. The Hall–Kier alpha value is -4.23. The Labute approximate surface area is 231 Å². The van der Waals surface area contributed by atoms with Crippen LogP contribution in [-0.2, 0) is 10.0 Å². The highest BCUT2D eigenvalue weighted by Gasteiger charge is 2.26. The fourth-order valence-corrected chi connectivity index (χ4v) is 5.97. The third-order valence-electron chi connectivity index (χ3n) is 6.59. The molecule has 0 aliphatic carbocycles. The molecule has 40 heavy (non-hydrogen) atoms. The molecular weight excluding hydrogens is 536 g/mol. The van der Waals surface area contributed by atoms with Crippen LogP contribution in [0.2, 0.25) is 0 Å². The van der Waals surface area contributed by atoms with Gasteiger partial charge in [0.05, 0.1) is 31.2 Å². The number of hydrogen-bond acceptors (Lipinski definition) is 9. The molecule has 3 heterocycles. The first kappa shape index (κ1) is 27.3. The van der Waals surface area contributed by atoms with Crippen LogP contribution in [0.1, 0.15) is 29.6 Å². The lowest BCUT2D eigenvalue weighted by Gasteiger charge is -2.25. The number of nitrogens with zero attached hydrogens (tertiary/aromatic N) is 5. The molecule has 1 aliphatic heterocycles. The number of hydrogen-bond donors (Lipinski definition) is 1. The summed E-state index contributed by atoms with van der Waals surface area (Å²) < 4.78 is 45.2. The minimum atomic E-state index is -3.54. The summed E-state index contributed by atoms with van der Waals surface area (Å²) in [5, 5.41) is 15.7. The molecule has 1 aliphatic rings. The lowest BCUT2D eigenvalue weighted by Crippen LogP contribution is -2.35. The van der Waals surface area contributed by atoms with Gasteiger partial charge in [-0.25, -0.2) is 8.42 Å². The first-order valence-electron chi connectivity index (χ1n) is 12.9. The van der Waals surface area contributed by atoms with Crippen LogP contribution in [0.3, 0.4) is 0 Å². The Bertz CT molecular complexity index is 1600. The van der Waals surface area contributed by atoms with Gasteiger partial charge in [-0.05, 0) is 55.3 Å². The van der Waals surface area contributed by atoms with Crippen molar-refractivity contribution in [3.05, 3.63) is 60.2 Å². The van der Waals surface area contributed by atoms with Crippen molar-refractivity contribution in [3.63, 3.8) is 0 Å². The molecule has 12 nitrogen and oxygen atoms in total. The van der Waals surface area contributed by atoms with Gasteiger partial charge in [0, 0.05) is 30.8 Å². The molecule has 1 amide bonds. The number of sulfonamides is 1. The smallest absolute Gasteiger partial charge is 0.251 e. The lowest BCUT2D eigenvalue weighted by atomic mass is 10.2. The second kappa shape index (κ2) is 11.9. The average molecular weight is 567 g/mol. The molecule has 0 unspecified atom stereocenters. The zero-order valence-electron chi connectivity index (χ0n) is 22.2. The zero-order valence-corrected chi connectivity index (χ0v) is 23.1. The number of fused-ring (bicyclic) bond motifs is 1. The number of nitrogens with one attached hydrogen (secondary N) is 1. The van der Waals surface area contributed by atoms with Gasteiger partial charge in [-0.2, -0.15) is 8.82 Å². The highest BCUT2D eigenvalue weighted by Crippen LogP contribution is 2.32. The Morgan fingerprint density at radius 3 is 2.45 bits per heavy atom. The van der Waals surface area contributed by atoms with Crippen LogP contribution in [0, 0.1) is 0 Å². The SMILES string of the molecule is COc1ccc(-c2nnc3ccc(OCCNC(=O)c4ccc(S(=O)(=O)N5CCCCC5)cc4)nn23)c(OC)c1. The maximum atomic E-state index is 12.8. The third-order valence-corrected chi connectivity index (χ3v) is 8.51. The standard InChI is InChI=1S/C27H30N6O6S/c1-37-20-8-11-22(23(18-20)38-2)26-30-29-24-12-13-25(31-33(24)26)39-17-14-28-27(34)19-6-9-21(10-7-19)40(35,36)32-15-4-3-5-16-32/h6-13,18H,3-5,14-17H2,1-2H3,(H,28,34). The van der Waals surface area contributed by atoms with Crippen molar-refractivity contribution in [1.29, 1.82) is 0 Å². The van der Waals surface area contributed by atoms with Gasteiger partial charge in [0.1, 0.15) is 18.1 Å². The number of carbonyl (C=O) groups excluding carboxylic acids is 1. The maximum Gasteiger partial charge on any atom is 0.251 e. The molecule has 4 aromatic rings. The van der Waals surface area contributed by atoms with Crippen LogP contribution in [0.4, 0.5) is 0 Å². The molecule has 2 aromatic carbocycles. The highest BCUT2D eigenvalue weighted by atomic mass is 32.2. The summed E-state index contributed by atoms with van der Waals surface area (Å²) in [6, 6.07) is 14.7. The Morgan fingerprint density at radius 2 is 1.73 bits per heavy atom. The predicted octanol–water partition coefficient (Wildman–Crippen LogP) is 2.79. The molecule has 0 spiro atoms. The number of carbonyl (C=O) groups is 1. The van der Waals surface area contributed by atoms with Gasteiger partial charge in [-0.3, -0.25) is 4.79 Å². The molecule has 0 bridgehead atoms. The largest absolute Gasteiger partial charge is 0.497 e. The van der Waals surface area contributed by atoms with E-state index in [1.54, 1.807) is 43.0 Å². The van der Waals surface area contributed by atoms with Gasteiger partial charge in [-0.1, -0.05) is 6.42 Å². The highest BCUT2D eigenvalue weighted by molar-refractivity contribution is 7.89. The number of methoxy groups -OCH3 is 2. The number of aromatic nitrogens is 4. The summed E-state index contributed by atoms with van der Waals surface area (Å²) in [7, 11) is -0.408. The molecule has 1 N–H and O–H groups in total. The number of benzene rings is 2. The maximum absolute atomic E-state index is 12.8. The molecule has 13 heteroatoms. The van der Waals surface area contributed by atoms with Crippen molar-refractivity contribution in [3.8, 4) is 28.8 Å². The van der Waals surface area contributed by atoms with E-state index in [0.29, 0.717) is 53.1 Å². The molecule has 1 fully saturated rings. The van der Waals surface area contributed by atoms with E-state index in [0.717, 1.165) is 19.3 Å². The Morgan fingerprint density at radius 1 is 0.950 bits per heavy atom. The summed E-state index contributed by atoms with van der Waals surface area (Å²) in [6.07, 6.45) is 2.77. The second-order valence-corrected chi connectivity index (χ2v) is 11.1. The van der Waals surface area contributed by atoms with Crippen molar-refractivity contribution < 1.29 is 27.4 Å². The average Bonchev–Trinajstić information content (AvgIpc) is 3.42. The molecule has 0 atom stereocenters. The number of rotatable bonds is 10. The first-order chi connectivity index (χ1) is 19.4. The van der Waals surface area contributed by atoms with Gasteiger partial charge in [-0.15, -0.1) is 15.3 Å². The van der Waals surface area contributed by atoms with Crippen LogP contribution in [-0.4, -0.2) is 78.9 Å².